The van der Waals surface area contributed by atoms with Crippen molar-refractivity contribution in [1.82, 2.24) is 15.6 Å². The molecule has 0 amide bonds. The highest BCUT2D eigenvalue weighted by molar-refractivity contribution is 14.0. The molecule has 9 heteroatoms. The highest BCUT2D eigenvalue weighted by Crippen LogP contribution is 2.19. The van der Waals surface area contributed by atoms with E-state index < -0.39 is 9.84 Å². The number of rotatable bonds is 7. The monoisotopic (exact) mass is 554 g/mol. The van der Waals surface area contributed by atoms with Crippen LogP contribution in [-0.2, 0) is 22.8 Å². The summed E-state index contributed by atoms with van der Waals surface area (Å²) < 4.78 is 28.6. The van der Waals surface area contributed by atoms with Crippen molar-refractivity contribution in [3.63, 3.8) is 0 Å². The van der Waals surface area contributed by atoms with Gasteiger partial charge in [0.1, 0.15) is 6.26 Å². The van der Waals surface area contributed by atoms with Gasteiger partial charge in [0.25, 0.3) is 0 Å². The zero-order valence-electron chi connectivity index (χ0n) is 17.8. The maximum Gasteiger partial charge on any atom is 0.226 e. The summed E-state index contributed by atoms with van der Waals surface area (Å²) in [5.74, 6) is 1.25. The van der Waals surface area contributed by atoms with Gasteiger partial charge < -0.3 is 15.1 Å². The molecule has 0 fully saturated rings. The van der Waals surface area contributed by atoms with Crippen molar-refractivity contribution in [2.24, 2.45) is 4.99 Å². The lowest BCUT2D eigenvalue weighted by Gasteiger charge is -2.11. The SMILES string of the molecule is CN=C(NCCc1ccc(S(C)(=O)=O)cc1)NCc1coc(-c2ccc(C)cc2)n1.I. The van der Waals surface area contributed by atoms with Crippen LogP contribution in [0.5, 0.6) is 0 Å². The highest BCUT2D eigenvalue weighted by atomic mass is 127. The van der Waals surface area contributed by atoms with Crippen molar-refractivity contribution in [1.29, 1.82) is 0 Å². The summed E-state index contributed by atoms with van der Waals surface area (Å²) in [4.78, 5) is 9.05. The molecular weight excluding hydrogens is 527 g/mol. The Kier molecular flexibility index (Phi) is 9.05. The standard InChI is InChI=1S/C22H26N4O3S.HI/c1-16-4-8-18(9-5-16)21-26-19(15-29-21)14-25-22(23-2)24-13-12-17-6-10-20(11-7-17)30(3,27)28;/h4-11,15H,12-14H2,1-3H3,(H2,23,24,25);1H. The van der Waals surface area contributed by atoms with Gasteiger partial charge in [-0.25, -0.2) is 13.4 Å². The molecule has 1 aromatic heterocycles. The predicted molar refractivity (Wildman–Crippen MR) is 134 cm³/mol. The molecule has 0 spiro atoms. The number of sulfone groups is 1. The van der Waals surface area contributed by atoms with Crippen molar-refractivity contribution in [2.75, 3.05) is 19.8 Å². The van der Waals surface area contributed by atoms with Crippen LogP contribution in [0.3, 0.4) is 0 Å². The Bertz CT molecular complexity index is 1110. The van der Waals surface area contributed by atoms with Crippen LogP contribution < -0.4 is 10.6 Å². The summed E-state index contributed by atoms with van der Waals surface area (Å²) in [5, 5.41) is 6.45. The van der Waals surface area contributed by atoms with Gasteiger partial charge in [-0.1, -0.05) is 29.8 Å². The summed E-state index contributed by atoms with van der Waals surface area (Å²) in [6, 6.07) is 15.0. The molecule has 0 aliphatic carbocycles. The number of nitrogens with one attached hydrogen (secondary N) is 2. The first-order valence-electron chi connectivity index (χ1n) is 9.60. The molecule has 0 bridgehead atoms. The summed E-state index contributed by atoms with van der Waals surface area (Å²) in [7, 11) is -1.46. The molecule has 0 unspecified atom stereocenters. The Morgan fingerprint density at radius 2 is 1.74 bits per heavy atom. The summed E-state index contributed by atoms with van der Waals surface area (Å²) in [6.45, 7) is 3.18. The zero-order chi connectivity index (χ0) is 21.6. The second kappa shape index (κ2) is 11.3. The van der Waals surface area contributed by atoms with E-state index in [1.807, 2.05) is 43.3 Å². The normalized spacial score (nSPS) is 11.6. The first-order chi connectivity index (χ1) is 14.3. The third-order valence-corrected chi connectivity index (χ3v) is 5.70. The summed E-state index contributed by atoms with van der Waals surface area (Å²) in [5.41, 5.74) is 3.96. The molecule has 0 aliphatic rings. The number of aryl methyl sites for hydroxylation is 1. The zero-order valence-corrected chi connectivity index (χ0v) is 20.9. The third-order valence-electron chi connectivity index (χ3n) is 4.57. The molecule has 0 saturated heterocycles. The number of aromatic nitrogens is 1. The number of halogens is 1. The van der Waals surface area contributed by atoms with E-state index in [-0.39, 0.29) is 24.0 Å². The minimum atomic E-state index is -3.17. The second-order valence-corrected chi connectivity index (χ2v) is 9.04. The van der Waals surface area contributed by atoms with Crippen LogP contribution >= 0.6 is 24.0 Å². The Morgan fingerprint density at radius 1 is 1.06 bits per heavy atom. The Labute approximate surface area is 200 Å². The Hall–Kier alpha value is -2.40. The topological polar surface area (TPSA) is 96.6 Å². The second-order valence-electron chi connectivity index (χ2n) is 7.03. The molecule has 0 saturated carbocycles. The lowest BCUT2D eigenvalue weighted by atomic mass is 10.1. The van der Waals surface area contributed by atoms with Crippen molar-refractivity contribution in [3.8, 4) is 11.5 Å². The fourth-order valence-electron chi connectivity index (χ4n) is 2.84. The lowest BCUT2D eigenvalue weighted by molar-refractivity contribution is 0.572. The molecule has 1 heterocycles. The van der Waals surface area contributed by atoms with Gasteiger partial charge in [-0.3, -0.25) is 4.99 Å². The predicted octanol–water partition coefficient (Wildman–Crippen LogP) is 3.58. The maximum absolute atomic E-state index is 11.5. The molecular formula is C22H27IN4O3S. The fraction of sp³-hybridized carbons (Fsp3) is 0.273. The molecule has 3 aromatic rings. The molecule has 31 heavy (non-hydrogen) atoms. The Morgan fingerprint density at radius 3 is 2.35 bits per heavy atom. The summed E-state index contributed by atoms with van der Waals surface area (Å²) >= 11 is 0. The average Bonchev–Trinajstić information content (AvgIpc) is 3.20. The number of hydrogen-bond acceptors (Lipinski definition) is 5. The van der Waals surface area contributed by atoms with Crippen LogP contribution in [0.4, 0.5) is 0 Å². The van der Waals surface area contributed by atoms with Gasteiger partial charge in [0.05, 0.1) is 17.1 Å². The van der Waals surface area contributed by atoms with Gasteiger partial charge in [-0.05, 0) is 43.2 Å². The van der Waals surface area contributed by atoms with E-state index in [2.05, 4.69) is 20.6 Å². The molecule has 2 aromatic carbocycles. The van der Waals surface area contributed by atoms with E-state index in [1.54, 1.807) is 25.4 Å². The first kappa shape index (κ1) is 24.9. The van der Waals surface area contributed by atoms with Crippen LogP contribution in [0.2, 0.25) is 0 Å². The molecule has 3 rings (SSSR count). The van der Waals surface area contributed by atoms with Crippen LogP contribution in [0.15, 0.2) is 69.1 Å². The highest BCUT2D eigenvalue weighted by Gasteiger charge is 2.08. The Balaban J connectivity index is 0.00000341. The largest absolute Gasteiger partial charge is 0.444 e. The number of hydrogen-bond donors (Lipinski definition) is 2. The molecule has 0 aliphatic heterocycles. The molecule has 2 N–H and O–H groups in total. The van der Waals surface area contributed by atoms with Gasteiger partial charge in [-0.2, -0.15) is 0 Å². The van der Waals surface area contributed by atoms with Crippen molar-refractivity contribution >= 4 is 39.8 Å². The average molecular weight is 554 g/mol. The van der Waals surface area contributed by atoms with Crippen molar-refractivity contribution in [3.05, 3.63) is 71.6 Å². The first-order valence-corrected chi connectivity index (χ1v) is 11.5. The number of nitrogens with zero attached hydrogens (tertiary/aromatic N) is 2. The van der Waals surface area contributed by atoms with E-state index >= 15 is 0 Å². The maximum atomic E-state index is 11.5. The van der Waals surface area contributed by atoms with Crippen LogP contribution in [-0.4, -0.2) is 39.2 Å². The van der Waals surface area contributed by atoms with Gasteiger partial charge >= 0.3 is 0 Å². The quantitative estimate of drug-likeness (QED) is 0.264. The summed E-state index contributed by atoms with van der Waals surface area (Å²) in [6.07, 6.45) is 3.59. The minimum absolute atomic E-state index is 0. The van der Waals surface area contributed by atoms with Gasteiger partial charge in [0.2, 0.25) is 5.89 Å². The van der Waals surface area contributed by atoms with E-state index in [9.17, 15) is 8.42 Å². The van der Waals surface area contributed by atoms with Crippen LogP contribution in [0.25, 0.3) is 11.5 Å². The fourth-order valence-corrected chi connectivity index (χ4v) is 3.47. The number of aliphatic imine (C=N–C) groups is 1. The smallest absolute Gasteiger partial charge is 0.226 e. The van der Waals surface area contributed by atoms with Crippen molar-refractivity contribution in [2.45, 2.75) is 24.8 Å². The van der Waals surface area contributed by atoms with E-state index in [1.165, 1.54) is 11.8 Å². The number of oxazole rings is 1. The van der Waals surface area contributed by atoms with Crippen LogP contribution in [0.1, 0.15) is 16.8 Å². The van der Waals surface area contributed by atoms with Crippen LogP contribution in [0, 0.1) is 6.92 Å². The van der Waals surface area contributed by atoms with Gasteiger partial charge in [-0.15, -0.1) is 24.0 Å². The van der Waals surface area contributed by atoms with Gasteiger partial charge in [0.15, 0.2) is 15.8 Å². The van der Waals surface area contributed by atoms with Gasteiger partial charge in [0, 0.05) is 25.4 Å². The number of benzene rings is 2. The van der Waals surface area contributed by atoms with Crippen molar-refractivity contribution < 1.29 is 12.8 Å². The molecule has 0 radical (unpaired) electrons. The van der Waals surface area contributed by atoms with E-state index in [0.29, 0.717) is 29.8 Å². The lowest BCUT2D eigenvalue weighted by Crippen LogP contribution is -2.37. The van der Waals surface area contributed by atoms with E-state index in [4.69, 9.17) is 4.42 Å². The van der Waals surface area contributed by atoms with E-state index in [0.717, 1.165) is 23.2 Å². The molecule has 7 nitrogen and oxygen atoms in total. The third kappa shape index (κ3) is 7.35. The minimum Gasteiger partial charge on any atom is -0.444 e. The molecule has 0 atom stereocenters. The number of guanidine groups is 1. The molecule has 166 valence electrons.